The molecule has 0 unspecified atom stereocenters. The van der Waals surface area contributed by atoms with Crippen LogP contribution in [-0.4, -0.2) is 11.3 Å². The second-order valence-electron chi connectivity index (χ2n) is 6.39. The van der Waals surface area contributed by atoms with E-state index >= 15 is 0 Å². The lowest BCUT2D eigenvalue weighted by molar-refractivity contribution is 0.424. The van der Waals surface area contributed by atoms with E-state index in [0.29, 0.717) is 0 Å². The summed E-state index contributed by atoms with van der Waals surface area (Å²) >= 11 is 5.63. The summed E-state index contributed by atoms with van der Waals surface area (Å²) in [7, 11) is 0. The molecule has 0 aliphatic heterocycles. The molecule has 0 bridgehead atoms. The van der Waals surface area contributed by atoms with Gasteiger partial charge in [0.2, 0.25) is 0 Å². The molecule has 0 heterocycles. The Hall–Kier alpha value is 0.01000. The van der Waals surface area contributed by atoms with Gasteiger partial charge in [-0.1, -0.05) is 35.8 Å². The van der Waals surface area contributed by atoms with Crippen molar-refractivity contribution in [3.8, 4) is 0 Å². The van der Waals surface area contributed by atoms with Gasteiger partial charge < -0.3 is 5.32 Å². The molecule has 0 saturated heterocycles. The summed E-state index contributed by atoms with van der Waals surface area (Å²) in [6, 6.07) is 6.70. The van der Waals surface area contributed by atoms with Gasteiger partial charge in [-0.2, -0.15) is 0 Å². The van der Waals surface area contributed by atoms with Crippen LogP contribution in [0.4, 0.5) is 0 Å². The number of benzene rings is 1. The molecule has 1 aromatic rings. The minimum Gasteiger partial charge on any atom is -0.308 e. The van der Waals surface area contributed by atoms with Gasteiger partial charge in [0.15, 0.2) is 0 Å². The van der Waals surface area contributed by atoms with Crippen LogP contribution >= 0.6 is 27.7 Å². The van der Waals surface area contributed by atoms with Crippen LogP contribution in [0.1, 0.15) is 46.6 Å². The predicted molar refractivity (Wildman–Crippen MR) is 90.9 cm³/mol. The summed E-state index contributed by atoms with van der Waals surface area (Å²) in [5, 5.41) is 3.52. The Bertz CT molecular complexity index is 396. The largest absolute Gasteiger partial charge is 0.308 e. The van der Waals surface area contributed by atoms with Crippen molar-refractivity contribution in [1.29, 1.82) is 0 Å². The number of nitrogens with one attached hydrogen (secondary N) is 1. The van der Waals surface area contributed by atoms with Crippen LogP contribution < -0.4 is 5.32 Å². The lowest BCUT2D eigenvalue weighted by Crippen LogP contribution is -2.35. The highest BCUT2D eigenvalue weighted by Crippen LogP contribution is 2.26. The quantitative estimate of drug-likeness (QED) is 0.686. The first-order valence-electron chi connectivity index (χ1n) is 6.94. The highest BCUT2D eigenvalue weighted by atomic mass is 79.9. The molecule has 19 heavy (non-hydrogen) atoms. The van der Waals surface area contributed by atoms with Crippen LogP contribution in [-0.2, 0) is 6.54 Å². The maximum Gasteiger partial charge on any atom is 0.0231 e. The maximum atomic E-state index is 3.68. The molecule has 0 atom stereocenters. The molecule has 0 aromatic heterocycles. The molecular formula is C16H26BrNS. The fraction of sp³-hybridized carbons (Fsp3) is 0.625. The molecule has 0 spiro atoms. The van der Waals surface area contributed by atoms with E-state index in [1.165, 1.54) is 27.1 Å². The Balaban J connectivity index is 2.54. The SMILES string of the molecule is CC(C)CCSc1ccc(CNC(C)(C)C)c(Br)c1. The number of rotatable bonds is 6. The van der Waals surface area contributed by atoms with Crippen LogP contribution in [0.5, 0.6) is 0 Å². The summed E-state index contributed by atoms with van der Waals surface area (Å²) in [6.07, 6.45) is 1.27. The van der Waals surface area contributed by atoms with Crippen molar-refractivity contribution in [3.63, 3.8) is 0 Å². The monoisotopic (exact) mass is 343 g/mol. The first-order valence-corrected chi connectivity index (χ1v) is 8.72. The van der Waals surface area contributed by atoms with Crippen LogP contribution in [0.3, 0.4) is 0 Å². The lowest BCUT2D eigenvalue weighted by Gasteiger charge is -2.21. The average Bonchev–Trinajstić information content (AvgIpc) is 2.26. The van der Waals surface area contributed by atoms with Crippen LogP contribution in [0, 0.1) is 5.92 Å². The third kappa shape index (κ3) is 7.38. The van der Waals surface area contributed by atoms with Crippen molar-refractivity contribution in [3.05, 3.63) is 28.2 Å². The van der Waals surface area contributed by atoms with E-state index in [-0.39, 0.29) is 5.54 Å². The Labute approximate surface area is 131 Å². The van der Waals surface area contributed by atoms with E-state index in [1.54, 1.807) is 0 Å². The molecule has 0 aliphatic carbocycles. The minimum atomic E-state index is 0.157. The van der Waals surface area contributed by atoms with Gasteiger partial charge in [-0.15, -0.1) is 11.8 Å². The average molecular weight is 344 g/mol. The van der Waals surface area contributed by atoms with E-state index < -0.39 is 0 Å². The molecule has 1 rings (SSSR count). The van der Waals surface area contributed by atoms with E-state index in [0.717, 1.165) is 12.5 Å². The molecule has 0 fully saturated rings. The molecule has 3 heteroatoms. The summed E-state index contributed by atoms with van der Waals surface area (Å²) in [5.74, 6) is 1.98. The summed E-state index contributed by atoms with van der Waals surface area (Å²) < 4.78 is 1.21. The highest BCUT2D eigenvalue weighted by molar-refractivity contribution is 9.10. The second-order valence-corrected chi connectivity index (χ2v) is 8.41. The second kappa shape index (κ2) is 7.70. The molecule has 0 saturated carbocycles. The van der Waals surface area contributed by atoms with Crippen molar-refractivity contribution in [1.82, 2.24) is 5.32 Å². The van der Waals surface area contributed by atoms with Crippen molar-refractivity contribution in [2.75, 3.05) is 5.75 Å². The van der Waals surface area contributed by atoms with E-state index in [2.05, 4.69) is 74.1 Å². The van der Waals surface area contributed by atoms with Crippen molar-refractivity contribution < 1.29 is 0 Å². The van der Waals surface area contributed by atoms with Crippen molar-refractivity contribution >= 4 is 27.7 Å². The van der Waals surface area contributed by atoms with Gasteiger partial charge in [0.25, 0.3) is 0 Å². The van der Waals surface area contributed by atoms with Crippen LogP contribution in [0.25, 0.3) is 0 Å². The van der Waals surface area contributed by atoms with Gasteiger partial charge in [0.1, 0.15) is 0 Å². The molecule has 0 radical (unpaired) electrons. The predicted octanol–water partition coefficient (Wildman–Crippen LogP) is 5.48. The normalized spacial score (nSPS) is 12.2. The van der Waals surface area contributed by atoms with E-state index in [9.17, 15) is 0 Å². The maximum absolute atomic E-state index is 3.68. The Morgan fingerprint density at radius 3 is 2.47 bits per heavy atom. The molecular weight excluding hydrogens is 318 g/mol. The van der Waals surface area contributed by atoms with Gasteiger partial charge in [-0.05, 0) is 56.6 Å². The summed E-state index contributed by atoms with van der Waals surface area (Å²) in [5.41, 5.74) is 1.48. The van der Waals surface area contributed by atoms with Gasteiger partial charge in [-0.3, -0.25) is 0 Å². The first kappa shape index (κ1) is 17.1. The molecule has 1 aromatic carbocycles. The fourth-order valence-electron chi connectivity index (χ4n) is 1.53. The zero-order chi connectivity index (χ0) is 14.5. The third-order valence-corrected chi connectivity index (χ3v) is 4.56. The topological polar surface area (TPSA) is 12.0 Å². The van der Waals surface area contributed by atoms with E-state index in [4.69, 9.17) is 0 Å². The summed E-state index contributed by atoms with van der Waals surface area (Å²) in [6.45, 7) is 12.0. The third-order valence-electron chi connectivity index (χ3n) is 2.80. The highest BCUT2D eigenvalue weighted by Gasteiger charge is 2.10. The van der Waals surface area contributed by atoms with Gasteiger partial charge >= 0.3 is 0 Å². The van der Waals surface area contributed by atoms with Crippen molar-refractivity contribution in [2.24, 2.45) is 5.92 Å². The Morgan fingerprint density at radius 2 is 1.95 bits per heavy atom. The zero-order valence-electron chi connectivity index (χ0n) is 12.7. The Kier molecular flexibility index (Phi) is 6.92. The van der Waals surface area contributed by atoms with Gasteiger partial charge in [0.05, 0.1) is 0 Å². The van der Waals surface area contributed by atoms with Crippen LogP contribution in [0.2, 0.25) is 0 Å². The van der Waals surface area contributed by atoms with Gasteiger partial charge in [-0.25, -0.2) is 0 Å². The van der Waals surface area contributed by atoms with E-state index in [1.807, 2.05) is 11.8 Å². The number of hydrogen-bond donors (Lipinski definition) is 1. The van der Waals surface area contributed by atoms with Crippen molar-refractivity contribution in [2.45, 2.75) is 58.0 Å². The number of halogens is 1. The van der Waals surface area contributed by atoms with Crippen LogP contribution in [0.15, 0.2) is 27.6 Å². The smallest absolute Gasteiger partial charge is 0.0231 e. The molecule has 0 amide bonds. The molecule has 108 valence electrons. The number of hydrogen-bond acceptors (Lipinski definition) is 2. The number of thioether (sulfide) groups is 1. The molecule has 1 nitrogen and oxygen atoms in total. The fourth-order valence-corrected chi connectivity index (χ4v) is 3.39. The Morgan fingerprint density at radius 1 is 1.26 bits per heavy atom. The zero-order valence-corrected chi connectivity index (χ0v) is 15.1. The first-order chi connectivity index (χ1) is 8.78. The summed E-state index contributed by atoms with van der Waals surface area (Å²) in [4.78, 5) is 1.35. The molecule has 0 aliphatic rings. The standard InChI is InChI=1S/C16H26BrNS/c1-12(2)8-9-19-14-7-6-13(15(17)10-14)11-18-16(3,4)5/h6-7,10,12,18H,8-9,11H2,1-5H3. The lowest BCUT2D eigenvalue weighted by atomic mass is 10.1. The van der Waals surface area contributed by atoms with Gasteiger partial charge in [0, 0.05) is 21.5 Å². The minimum absolute atomic E-state index is 0.157. The molecule has 1 N–H and O–H groups in total.